The molecule has 1 amide bonds. The molecule has 0 fully saturated rings. The molecule has 0 unspecified atom stereocenters. The Morgan fingerprint density at radius 1 is 1.23 bits per heavy atom. The van der Waals surface area contributed by atoms with Gasteiger partial charge in [-0.2, -0.15) is 0 Å². The van der Waals surface area contributed by atoms with Crippen LogP contribution in [0.5, 0.6) is 0 Å². The Labute approximate surface area is 159 Å². The molecule has 0 aromatic rings. The van der Waals surface area contributed by atoms with Gasteiger partial charge in [0, 0.05) is 13.5 Å². The fourth-order valence-electron chi connectivity index (χ4n) is 2.21. The number of nitrogens with two attached hydrogens (primary N) is 2. The van der Waals surface area contributed by atoms with Crippen molar-refractivity contribution in [1.29, 1.82) is 0 Å². The van der Waals surface area contributed by atoms with Gasteiger partial charge in [0.15, 0.2) is 12.1 Å². The molecule has 6 N–H and O–H groups in total. The molecule has 2 atom stereocenters. The Morgan fingerprint density at radius 2 is 1.81 bits per heavy atom. The number of hydrogen-bond acceptors (Lipinski definition) is 5. The summed E-state index contributed by atoms with van der Waals surface area (Å²) < 4.78 is 5.65. The molecular formula is C15H30ClN5O5. The second kappa shape index (κ2) is 12.3. The topological polar surface area (TPSA) is 157 Å². The highest BCUT2D eigenvalue weighted by atomic mass is 35.5. The van der Waals surface area contributed by atoms with Crippen molar-refractivity contribution in [3.63, 3.8) is 0 Å². The number of carbonyl (C=O) groups is 3. The van der Waals surface area contributed by atoms with Crippen LogP contribution in [0.4, 0.5) is 0 Å². The van der Waals surface area contributed by atoms with Crippen LogP contribution < -0.4 is 29.2 Å². The number of likely N-dealkylation sites (N-methyl/N-ethyl adjacent to an activating group) is 1. The fourth-order valence-corrected chi connectivity index (χ4v) is 2.21. The van der Waals surface area contributed by atoms with Crippen LogP contribution in [0.25, 0.3) is 0 Å². The molecule has 0 aromatic heterocycles. The summed E-state index contributed by atoms with van der Waals surface area (Å²) in [5, 5.41) is 11.7. The zero-order chi connectivity index (χ0) is 19.6. The van der Waals surface area contributed by atoms with Crippen molar-refractivity contribution >= 4 is 23.8 Å². The highest BCUT2D eigenvalue weighted by molar-refractivity contribution is 5.84. The highest BCUT2D eigenvalue weighted by Crippen LogP contribution is 2.07. The minimum Gasteiger partial charge on any atom is -1.00 e. The lowest BCUT2D eigenvalue weighted by Gasteiger charge is -2.28. The maximum Gasteiger partial charge on any atom is 0.326 e. The van der Waals surface area contributed by atoms with Gasteiger partial charge in [-0.15, -0.1) is 0 Å². The number of carboxylic acids is 1. The number of rotatable bonds is 11. The molecule has 0 rings (SSSR count). The van der Waals surface area contributed by atoms with Crippen LogP contribution >= 0.6 is 0 Å². The maximum atomic E-state index is 12.1. The standard InChI is InChI=1S/C15H29N5O5.ClH/c1-10(21)25-11(9-20(2,3)4)8-13(22)19-12(14(23)24)6-5-7-18-15(16)17;/h11-12H,5-9H2,1-4H3,(H5-,16,17,18,19,22,23,24);1H/t11-,12+;/m1./s1. The van der Waals surface area contributed by atoms with Gasteiger partial charge >= 0.3 is 11.9 Å². The predicted octanol–water partition coefficient (Wildman–Crippen LogP) is -4.36. The number of aliphatic carboxylic acids is 1. The third-order valence-corrected chi connectivity index (χ3v) is 3.08. The van der Waals surface area contributed by atoms with Crippen LogP contribution in [0.2, 0.25) is 0 Å². The van der Waals surface area contributed by atoms with Crippen molar-refractivity contribution in [3.05, 3.63) is 0 Å². The van der Waals surface area contributed by atoms with E-state index in [1.165, 1.54) is 6.92 Å². The third-order valence-electron chi connectivity index (χ3n) is 3.08. The van der Waals surface area contributed by atoms with Gasteiger partial charge in [0.1, 0.15) is 12.6 Å². The van der Waals surface area contributed by atoms with Crippen molar-refractivity contribution in [3.8, 4) is 0 Å². The largest absolute Gasteiger partial charge is 1.00 e. The van der Waals surface area contributed by atoms with Crippen molar-refractivity contribution in [2.75, 3.05) is 34.2 Å². The van der Waals surface area contributed by atoms with Crippen LogP contribution in [0, 0.1) is 0 Å². The first kappa shape index (κ1) is 26.2. The van der Waals surface area contributed by atoms with E-state index in [1.807, 2.05) is 21.1 Å². The molecule has 0 heterocycles. The maximum absolute atomic E-state index is 12.1. The lowest BCUT2D eigenvalue weighted by Crippen LogP contribution is -3.00. The number of carboxylic acid groups (broad SMARTS) is 1. The van der Waals surface area contributed by atoms with Gasteiger partial charge in [-0.1, -0.05) is 0 Å². The molecule has 0 bridgehead atoms. The predicted molar refractivity (Wildman–Crippen MR) is 92.5 cm³/mol. The van der Waals surface area contributed by atoms with E-state index < -0.39 is 30.0 Å². The molecule has 0 aliphatic rings. The van der Waals surface area contributed by atoms with E-state index in [-0.39, 0.29) is 37.8 Å². The normalized spacial score (nSPS) is 12.9. The molecule has 10 nitrogen and oxygen atoms in total. The highest BCUT2D eigenvalue weighted by Gasteiger charge is 2.26. The first-order valence-electron chi connectivity index (χ1n) is 7.96. The molecule has 0 saturated heterocycles. The summed E-state index contributed by atoms with van der Waals surface area (Å²) in [4.78, 5) is 38.4. The number of halogens is 1. The SMILES string of the molecule is CC(=O)O[C@H](CC(=O)N[C@@H](CCCN=C(N)N)C(=O)O)C[N+](C)(C)C.[Cl-]. The van der Waals surface area contributed by atoms with E-state index >= 15 is 0 Å². The van der Waals surface area contributed by atoms with Crippen molar-refractivity contribution in [2.45, 2.75) is 38.3 Å². The summed E-state index contributed by atoms with van der Waals surface area (Å²) in [6.07, 6.45) is -0.145. The molecule has 0 spiro atoms. The van der Waals surface area contributed by atoms with E-state index in [0.717, 1.165) is 0 Å². The minimum absolute atomic E-state index is 0. The van der Waals surface area contributed by atoms with Gasteiger partial charge in [0.2, 0.25) is 5.91 Å². The number of amides is 1. The van der Waals surface area contributed by atoms with Gasteiger partial charge < -0.3 is 43.5 Å². The summed E-state index contributed by atoms with van der Waals surface area (Å²) in [5.74, 6) is -2.19. The molecule has 0 aromatic carbocycles. The third kappa shape index (κ3) is 14.3. The molecule has 0 aliphatic heterocycles. The van der Waals surface area contributed by atoms with E-state index in [1.54, 1.807) is 0 Å². The van der Waals surface area contributed by atoms with E-state index in [0.29, 0.717) is 17.4 Å². The van der Waals surface area contributed by atoms with Gasteiger partial charge in [0.25, 0.3) is 0 Å². The second-order valence-electron chi connectivity index (χ2n) is 6.82. The number of ether oxygens (including phenoxy) is 1. The monoisotopic (exact) mass is 395 g/mol. The average Bonchev–Trinajstić information content (AvgIpc) is 2.38. The lowest BCUT2D eigenvalue weighted by molar-refractivity contribution is -0.873. The zero-order valence-corrected chi connectivity index (χ0v) is 16.5. The molecule has 26 heavy (non-hydrogen) atoms. The van der Waals surface area contributed by atoms with Crippen LogP contribution in [-0.4, -0.2) is 79.8 Å². The number of aliphatic imine (C=N–C) groups is 1. The first-order chi connectivity index (χ1) is 11.4. The van der Waals surface area contributed by atoms with Gasteiger partial charge in [-0.25, -0.2) is 4.79 Å². The van der Waals surface area contributed by atoms with Gasteiger partial charge in [0.05, 0.1) is 27.6 Å². The molecule has 0 radical (unpaired) electrons. The quantitative estimate of drug-likeness (QED) is 0.0904. The fraction of sp³-hybridized carbons (Fsp3) is 0.733. The Morgan fingerprint density at radius 3 is 2.23 bits per heavy atom. The summed E-state index contributed by atoms with van der Waals surface area (Å²) in [7, 11) is 5.70. The summed E-state index contributed by atoms with van der Waals surface area (Å²) in [5.41, 5.74) is 10.4. The minimum atomic E-state index is -1.14. The van der Waals surface area contributed by atoms with Crippen LogP contribution in [-0.2, 0) is 19.1 Å². The van der Waals surface area contributed by atoms with Crippen LogP contribution in [0.15, 0.2) is 4.99 Å². The number of quaternary nitrogens is 1. The number of esters is 1. The van der Waals surface area contributed by atoms with Crippen molar-refractivity contribution < 1.29 is 41.1 Å². The molecule has 11 heteroatoms. The second-order valence-corrected chi connectivity index (χ2v) is 6.82. The van der Waals surface area contributed by atoms with Crippen molar-refractivity contribution in [2.24, 2.45) is 16.5 Å². The van der Waals surface area contributed by atoms with Gasteiger partial charge in [-0.05, 0) is 12.8 Å². The van der Waals surface area contributed by atoms with Crippen LogP contribution in [0.3, 0.4) is 0 Å². The Bertz CT molecular complexity index is 503. The Balaban J connectivity index is 0. The average molecular weight is 396 g/mol. The Hall–Kier alpha value is -2.07. The molecule has 0 saturated carbocycles. The number of carbonyl (C=O) groups excluding carboxylic acids is 2. The lowest BCUT2D eigenvalue weighted by atomic mass is 10.1. The molecule has 152 valence electrons. The summed E-state index contributed by atoms with van der Waals surface area (Å²) in [6, 6.07) is -1.05. The number of guanidine groups is 1. The molecule has 0 aliphatic carbocycles. The first-order valence-corrected chi connectivity index (χ1v) is 7.96. The molecular weight excluding hydrogens is 366 g/mol. The van der Waals surface area contributed by atoms with E-state index in [9.17, 15) is 19.5 Å². The number of nitrogens with zero attached hydrogens (tertiary/aromatic N) is 2. The van der Waals surface area contributed by atoms with Crippen molar-refractivity contribution in [1.82, 2.24) is 5.32 Å². The van der Waals surface area contributed by atoms with Gasteiger partial charge in [-0.3, -0.25) is 14.6 Å². The van der Waals surface area contributed by atoms with E-state index in [2.05, 4.69) is 10.3 Å². The number of hydrogen-bond donors (Lipinski definition) is 4. The zero-order valence-electron chi connectivity index (χ0n) is 15.7. The smallest absolute Gasteiger partial charge is 0.326 e. The summed E-state index contributed by atoms with van der Waals surface area (Å²) >= 11 is 0. The van der Waals surface area contributed by atoms with Crippen LogP contribution in [0.1, 0.15) is 26.2 Å². The summed E-state index contributed by atoms with van der Waals surface area (Å²) in [6.45, 7) is 1.97. The Kier molecular flexibility index (Phi) is 12.4. The van der Waals surface area contributed by atoms with E-state index in [4.69, 9.17) is 16.2 Å². The number of nitrogens with one attached hydrogen (secondary N) is 1.